The molecule has 0 unspecified atom stereocenters. The smallest absolute Gasteiger partial charge is 0.244 e. The number of rotatable bonds is 4. The maximum absolute atomic E-state index is 11.7. The summed E-state index contributed by atoms with van der Waals surface area (Å²) in [5.41, 5.74) is 0. The lowest BCUT2D eigenvalue weighted by atomic mass is 10.3. The van der Waals surface area contributed by atoms with Gasteiger partial charge in [0.25, 0.3) is 0 Å². The number of carbonyl (C=O) groups is 1. The van der Waals surface area contributed by atoms with Crippen LogP contribution in [-0.2, 0) is 4.79 Å². The van der Waals surface area contributed by atoms with Gasteiger partial charge in [0.2, 0.25) is 11.9 Å². The van der Waals surface area contributed by atoms with E-state index in [1.165, 1.54) is 4.90 Å². The molecule has 1 atom stereocenters. The van der Waals surface area contributed by atoms with Crippen LogP contribution in [0.4, 0.5) is 11.8 Å². The van der Waals surface area contributed by atoms with Crippen molar-refractivity contribution in [3.8, 4) is 0 Å². The fourth-order valence-electron chi connectivity index (χ4n) is 1.25. The van der Waals surface area contributed by atoms with Crippen LogP contribution in [0.2, 0.25) is 0 Å². The Morgan fingerprint density at radius 1 is 1.53 bits per heavy atom. The molecule has 17 heavy (non-hydrogen) atoms. The third-order valence-electron chi connectivity index (χ3n) is 2.14. The van der Waals surface area contributed by atoms with Gasteiger partial charge in [-0.3, -0.25) is 4.79 Å². The second kappa shape index (κ2) is 5.81. The zero-order valence-corrected chi connectivity index (χ0v) is 11.9. The zero-order chi connectivity index (χ0) is 13.0. The van der Waals surface area contributed by atoms with E-state index < -0.39 is 0 Å². The first-order chi connectivity index (χ1) is 7.95. The first-order valence-corrected chi connectivity index (χ1v) is 5.93. The van der Waals surface area contributed by atoms with Crippen molar-refractivity contribution in [2.45, 2.75) is 13.0 Å². The third-order valence-corrected chi connectivity index (χ3v) is 2.72. The molecule has 6 nitrogen and oxygen atoms in total. The van der Waals surface area contributed by atoms with E-state index in [4.69, 9.17) is 0 Å². The van der Waals surface area contributed by atoms with E-state index in [0.717, 1.165) is 4.47 Å². The predicted octanol–water partition coefficient (Wildman–Crippen LogP) is 1.17. The number of hydrogen-bond donors (Lipinski definition) is 2. The molecule has 0 saturated heterocycles. The summed E-state index contributed by atoms with van der Waals surface area (Å²) in [4.78, 5) is 21.5. The van der Waals surface area contributed by atoms with Gasteiger partial charge in [-0.1, -0.05) is 0 Å². The highest BCUT2D eigenvalue weighted by Gasteiger charge is 2.15. The monoisotopic (exact) mass is 301 g/mol. The Morgan fingerprint density at radius 2 is 2.18 bits per heavy atom. The third kappa shape index (κ3) is 3.55. The largest absolute Gasteiger partial charge is 0.372 e. The molecule has 2 N–H and O–H groups in total. The highest BCUT2D eigenvalue weighted by Crippen LogP contribution is 2.19. The van der Waals surface area contributed by atoms with Gasteiger partial charge in [-0.05, 0) is 22.9 Å². The maximum Gasteiger partial charge on any atom is 0.244 e. The summed E-state index contributed by atoms with van der Waals surface area (Å²) in [6.45, 7) is 1.77. The molecular formula is C10H16BrN5O. The SMILES string of the molecule is CNc1nc(N[C@@H](C)C(=O)N(C)C)ncc1Br. The second-order valence-corrected chi connectivity index (χ2v) is 4.59. The fourth-order valence-corrected chi connectivity index (χ4v) is 1.64. The normalized spacial score (nSPS) is 11.8. The molecule has 0 spiro atoms. The summed E-state index contributed by atoms with van der Waals surface area (Å²) >= 11 is 3.32. The van der Waals surface area contributed by atoms with Crippen LogP contribution in [-0.4, -0.2) is 48.0 Å². The van der Waals surface area contributed by atoms with E-state index in [9.17, 15) is 4.79 Å². The van der Waals surface area contributed by atoms with Gasteiger partial charge in [0.1, 0.15) is 11.9 Å². The number of carbonyl (C=O) groups excluding carboxylic acids is 1. The number of likely N-dealkylation sites (N-methyl/N-ethyl adjacent to an activating group) is 1. The molecule has 1 heterocycles. The standard InChI is InChI=1S/C10H16BrN5O/c1-6(9(17)16(3)4)14-10-13-5-7(11)8(12-2)15-10/h5-6H,1-4H3,(H2,12,13,14,15)/t6-/m0/s1. The zero-order valence-electron chi connectivity index (χ0n) is 10.3. The number of hydrogen-bond acceptors (Lipinski definition) is 5. The summed E-state index contributed by atoms with van der Waals surface area (Å²) in [5.74, 6) is 1.06. The van der Waals surface area contributed by atoms with E-state index in [0.29, 0.717) is 11.8 Å². The van der Waals surface area contributed by atoms with Crippen LogP contribution in [0, 0.1) is 0 Å². The molecule has 0 aliphatic rings. The molecule has 94 valence electrons. The van der Waals surface area contributed by atoms with Crippen molar-refractivity contribution in [1.82, 2.24) is 14.9 Å². The van der Waals surface area contributed by atoms with Gasteiger partial charge in [0.15, 0.2) is 0 Å². The molecule has 7 heteroatoms. The summed E-state index contributed by atoms with van der Waals surface area (Å²) in [5, 5.41) is 5.88. The molecule has 1 amide bonds. The van der Waals surface area contributed by atoms with Crippen molar-refractivity contribution < 1.29 is 4.79 Å². The Morgan fingerprint density at radius 3 is 2.71 bits per heavy atom. The molecule has 0 saturated carbocycles. The van der Waals surface area contributed by atoms with Gasteiger partial charge in [-0.2, -0.15) is 4.98 Å². The molecule has 0 aliphatic carbocycles. The first kappa shape index (κ1) is 13.7. The number of halogens is 1. The topological polar surface area (TPSA) is 70.2 Å². The van der Waals surface area contributed by atoms with Gasteiger partial charge in [0, 0.05) is 27.3 Å². The van der Waals surface area contributed by atoms with Crippen molar-refractivity contribution in [1.29, 1.82) is 0 Å². The lowest BCUT2D eigenvalue weighted by Gasteiger charge is -2.18. The van der Waals surface area contributed by atoms with Gasteiger partial charge in [-0.25, -0.2) is 4.98 Å². The van der Waals surface area contributed by atoms with Gasteiger partial charge in [0.05, 0.1) is 4.47 Å². The van der Waals surface area contributed by atoms with Crippen molar-refractivity contribution >= 4 is 33.6 Å². The second-order valence-electron chi connectivity index (χ2n) is 3.74. The molecule has 0 bridgehead atoms. The Hall–Kier alpha value is -1.37. The molecule has 1 rings (SSSR count). The molecule has 0 aliphatic heterocycles. The lowest BCUT2D eigenvalue weighted by Crippen LogP contribution is -2.37. The minimum absolute atomic E-state index is 0.0254. The summed E-state index contributed by atoms with van der Waals surface area (Å²) in [6, 6.07) is -0.365. The van der Waals surface area contributed by atoms with E-state index in [-0.39, 0.29) is 11.9 Å². The number of nitrogens with zero attached hydrogens (tertiary/aromatic N) is 3. The van der Waals surface area contributed by atoms with Crippen molar-refractivity contribution in [3.05, 3.63) is 10.7 Å². The average molecular weight is 302 g/mol. The Labute approximate surface area is 109 Å². The minimum Gasteiger partial charge on any atom is -0.372 e. The molecule has 1 aromatic rings. The maximum atomic E-state index is 11.7. The summed E-state index contributed by atoms with van der Waals surface area (Å²) < 4.78 is 0.775. The summed E-state index contributed by atoms with van der Waals surface area (Å²) in [6.07, 6.45) is 1.63. The number of amides is 1. The first-order valence-electron chi connectivity index (χ1n) is 5.13. The van der Waals surface area contributed by atoms with E-state index in [1.807, 2.05) is 0 Å². The fraction of sp³-hybridized carbons (Fsp3) is 0.500. The molecule has 0 aromatic carbocycles. The summed E-state index contributed by atoms with van der Waals surface area (Å²) in [7, 11) is 5.19. The lowest BCUT2D eigenvalue weighted by molar-refractivity contribution is -0.129. The van der Waals surface area contributed by atoms with Crippen molar-refractivity contribution in [3.63, 3.8) is 0 Å². The number of anilines is 2. The molecular weight excluding hydrogens is 286 g/mol. The predicted molar refractivity (Wildman–Crippen MR) is 71.1 cm³/mol. The van der Waals surface area contributed by atoms with Gasteiger partial charge in [-0.15, -0.1) is 0 Å². The van der Waals surface area contributed by atoms with Crippen molar-refractivity contribution in [2.75, 3.05) is 31.8 Å². The van der Waals surface area contributed by atoms with E-state index >= 15 is 0 Å². The van der Waals surface area contributed by atoms with Gasteiger partial charge < -0.3 is 15.5 Å². The Balaban J connectivity index is 2.78. The van der Waals surface area contributed by atoms with E-state index in [2.05, 4.69) is 36.5 Å². The number of aromatic nitrogens is 2. The van der Waals surface area contributed by atoms with Crippen LogP contribution in [0.3, 0.4) is 0 Å². The van der Waals surface area contributed by atoms with Crippen LogP contribution >= 0.6 is 15.9 Å². The highest BCUT2D eigenvalue weighted by molar-refractivity contribution is 9.10. The minimum atomic E-state index is -0.365. The molecule has 0 fully saturated rings. The number of nitrogens with one attached hydrogen (secondary N) is 2. The van der Waals surface area contributed by atoms with Crippen LogP contribution in [0.1, 0.15) is 6.92 Å². The average Bonchev–Trinajstić information content (AvgIpc) is 2.30. The van der Waals surface area contributed by atoms with Crippen molar-refractivity contribution in [2.24, 2.45) is 0 Å². The molecule has 1 aromatic heterocycles. The van der Waals surface area contributed by atoms with Gasteiger partial charge >= 0.3 is 0 Å². The van der Waals surface area contributed by atoms with Crippen LogP contribution < -0.4 is 10.6 Å². The van der Waals surface area contributed by atoms with Crippen LogP contribution in [0.15, 0.2) is 10.7 Å². The van der Waals surface area contributed by atoms with E-state index in [1.54, 1.807) is 34.3 Å². The van der Waals surface area contributed by atoms with Crippen LogP contribution in [0.25, 0.3) is 0 Å². The highest BCUT2D eigenvalue weighted by atomic mass is 79.9. The Bertz CT molecular complexity index is 410. The quantitative estimate of drug-likeness (QED) is 0.874. The Kier molecular flexibility index (Phi) is 4.68. The van der Waals surface area contributed by atoms with Crippen LogP contribution in [0.5, 0.6) is 0 Å². The molecule has 0 radical (unpaired) electrons.